The molecule has 4 rings (SSSR count). The van der Waals surface area contributed by atoms with Gasteiger partial charge >= 0.3 is 0 Å². The van der Waals surface area contributed by atoms with Crippen molar-refractivity contribution < 1.29 is 14.6 Å². The first-order valence-electron chi connectivity index (χ1n) is 6.46. The maximum absolute atomic E-state index is 9.77. The molecule has 0 saturated carbocycles. The SMILES string of the molecule is Cc1c(O)ccc2c1OC[C@@H]1c3ccccc3O[C@H]21. The molecule has 19 heavy (non-hydrogen) atoms. The van der Waals surface area contributed by atoms with E-state index in [1.54, 1.807) is 6.07 Å². The minimum atomic E-state index is 0.000417. The van der Waals surface area contributed by atoms with E-state index in [-0.39, 0.29) is 17.8 Å². The number of phenols is 1. The van der Waals surface area contributed by atoms with Crippen LogP contribution >= 0.6 is 0 Å². The monoisotopic (exact) mass is 254 g/mol. The fourth-order valence-electron chi connectivity index (χ4n) is 3.02. The normalized spacial score (nSPS) is 22.8. The summed E-state index contributed by atoms with van der Waals surface area (Å²) in [5.74, 6) is 2.23. The lowest BCUT2D eigenvalue weighted by molar-refractivity contribution is 0.138. The zero-order valence-corrected chi connectivity index (χ0v) is 10.6. The van der Waals surface area contributed by atoms with Crippen molar-refractivity contribution in [3.05, 3.63) is 53.1 Å². The van der Waals surface area contributed by atoms with Crippen LogP contribution in [0.2, 0.25) is 0 Å². The lowest BCUT2D eigenvalue weighted by Gasteiger charge is -2.29. The molecule has 0 aromatic heterocycles. The van der Waals surface area contributed by atoms with Crippen LogP contribution in [-0.4, -0.2) is 11.7 Å². The second kappa shape index (κ2) is 3.67. The van der Waals surface area contributed by atoms with Crippen LogP contribution < -0.4 is 9.47 Å². The molecular weight excluding hydrogens is 240 g/mol. The molecule has 0 bridgehead atoms. The van der Waals surface area contributed by atoms with E-state index < -0.39 is 0 Å². The summed E-state index contributed by atoms with van der Waals surface area (Å²) in [6.07, 6.45) is 0.000417. The van der Waals surface area contributed by atoms with Gasteiger partial charge in [-0.15, -0.1) is 0 Å². The average Bonchev–Trinajstić information content (AvgIpc) is 2.81. The van der Waals surface area contributed by atoms with E-state index in [0.717, 1.165) is 22.6 Å². The Balaban J connectivity index is 1.85. The summed E-state index contributed by atoms with van der Waals surface area (Å²) in [6.45, 7) is 2.47. The summed E-state index contributed by atoms with van der Waals surface area (Å²) >= 11 is 0. The van der Waals surface area contributed by atoms with Crippen molar-refractivity contribution >= 4 is 0 Å². The molecule has 0 aliphatic carbocycles. The van der Waals surface area contributed by atoms with Crippen LogP contribution in [0.4, 0.5) is 0 Å². The molecule has 2 aliphatic heterocycles. The molecule has 0 spiro atoms. The zero-order valence-electron chi connectivity index (χ0n) is 10.6. The van der Waals surface area contributed by atoms with Crippen LogP contribution in [0.15, 0.2) is 36.4 Å². The van der Waals surface area contributed by atoms with Gasteiger partial charge in [0.25, 0.3) is 0 Å². The number of hydrogen-bond donors (Lipinski definition) is 1. The second-order valence-corrected chi connectivity index (χ2v) is 5.12. The van der Waals surface area contributed by atoms with Crippen LogP contribution in [-0.2, 0) is 0 Å². The summed E-state index contributed by atoms with van der Waals surface area (Å²) in [4.78, 5) is 0. The number of ether oxygens (including phenoxy) is 2. The average molecular weight is 254 g/mol. The third-order valence-corrected chi connectivity index (χ3v) is 4.06. The van der Waals surface area contributed by atoms with Crippen molar-refractivity contribution in [1.82, 2.24) is 0 Å². The predicted molar refractivity (Wildman–Crippen MR) is 70.9 cm³/mol. The summed E-state index contributed by atoms with van der Waals surface area (Å²) in [5.41, 5.74) is 3.03. The molecule has 96 valence electrons. The van der Waals surface area contributed by atoms with Crippen molar-refractivity contribution in [1.29, 1.82) is 0 Å². The molecule has 0 unspecified atom stereocenters. The number of para-hydroxylation sites is 1. The van der Waals surface area contributed by atoms with Gasteiger partial charge in [0.05, 0.1) is 12.5 Å². The topological polar surface area (TPSA) is 38.7 Å². The molecule has 0 amide bonds. The van der Waals surface area contributed by atoms with Gasteiger partial charge in [-0.1, -0.05) is 18.2 Å². The van der Waals surface area contributed by atoms with Gasteiger partial charge in [0.1, 0.15) is 23.4 Å². The van der Waals surface area contributed by atoms with Gasteiger partial charge in [-0.2, -0.15) is 0 Å². The Morgan fingerprint density at radius 1 is 1.11 bits per heavy atom. The number of aromatic hydroxyl groups is 1. The minimum Gasteiger partial charge on any atom is -0.508 e. The largest absolute Gasteiger partial charge is 0.508 e. The minimum absolute atomic E-state index is 0.000417. The lowest BCUT2D eigenvalue weighted by Crippen LogP contribution is -2.23. The van der Waals surface area contributed by atoms with Gasteiger partial charge in [0.2, 0.25) is 0 Å². The summed E-state index contributed by atoms with van der Waals surface area (Å²) < 4.78 is 11.9. The first-order valence-corrected chi connectivity index (χ1v) is 6.46. The summed E-state index contributed by atoms with van der Waals surface area (Å²) in [7, 11) is 0. The maximum Gasteiger partial charge on any atom is 0.138 e. The second-order valence-electron chi connectivity index (χ2n) is 5.12. The fraction of sp³-hybridized carbons (Fsp3) is 0.250. The molecule has 3 nitrogen and oxygen atoms in total. The molecule has 0 fully saturated rings. The molecule has 1 N–H and O–H groups in total. The van der Waals surface area contributed by atoms with Gasteiger partial charge in [0.15, 0.2) is 0 Å². The van der Waals surface area contributed by atoms with Crippen LogP contribution in [0, 0.1) is 6.92 Å². The molecule has 0 radical (unpaired) electrons. The molecule has 2 aromatic rings. The summed E-state index contributed by atoms with van der Waals surface area (Å²) in [5, 5.41) is 9.77. The molecule has 0 saturated heterocycles. The van der Waals surface area contributed by atoms with Crippen molar-refractivity contribution in [2.75, 3.05) is 6.61 Å². The Morgan fingerprint density at radius 2 is 1.95 bits per heavy atom. The van der Waals surface area contributed by atoms with E-state index in [0.29, 0.717) is 6.61 Å². The lowest BCUT2D eigenvalue weighted by atomic mass is 9.88. The van der Waals surface area contributed by atoms with Gasteiger partial charge in [-0.05, 0) is 25.1 Å². The number of fused-ring (bicyclic) bond motifs is 5. The highest BCUT2D eigenvalue weighted by molar-refractivity contribution is 5.54. The van der Waals surface area contributed by atoms with E-state index in [4.69, 9.17) is 9.47 Å². The van der Waals surface area contributed by atoms with Crippen molar-refractivity contribution in [3.63, 3.8) is 0 Å². The predicted octanol–water partition coefficient (Wildman–Crippen LogP) is 3.31. The van der Waals surface area contributed by atoms with Crippen molar-refractivity contribution in [2.45, 2.75) is 18.9 Å². The third kappa shape index (κ3) is 1.38. The van der Waals surface area contributed by atoms with Gasteiger partial charge in [-0.3, -0.25) is 0 Å². The van der Waals surface area contributed by atoms with Crippen molar-refractivity contribution in [3.8, 4) is 17.2 Å². The van der Waals surface area contributed by atoms with E-state index in [1.165, 1.54) is 5.56 Å². The number of phenolic OH excluding ortho intramolecular Hbond substituents is 1. The standard InChI is InChI=1S/C16H14O3/c1-9-13(17)7-6-11-15(9)18-8-12-10-4-2-3-5-14(10)19-16(11)12/h2-7,12,16-17H,8H2,1H3/t12-,16-/m1/s1. The van der Waals surface area contributed by atoms with Gasteiger partial charge in [-0.25, -0.2) is 0 Å². The van der Waals surface area contributed by atoms with Crippen LogP contribution in [0.3, 0.4) is 0 Å². The third-order valence-electron chi connectivity index (χ3n) is 4.06. The molecule has 2 aromatic carbocycles. The highest BCUT2D eigenvalue weighted by Crippen LogP contribution is 2.52. The summed E-state index contributed by atoms with van der Waals surface area (Å²) in [6, 6.07) is 11.7. The zero-order chi connectivity index (χ0) is 13.0. The molecule has 2 atom stereocenters. The fourth-order valence-corrected chi connectivity index (χ4v) is 3.02. The van der Waals surface area contributed by atoms with E-state index >= 15 is 0 Å². The Morgan fingerprint density at radius 3 is 2.84 bits per heavy atom. The smallest absolute Gasteiger partial charge is 0.138 e. The quantitative estimate of drug-likeness (QED) is 0.784. The number of benzene rings is 2. The van der Waals surface area contributed by atoms with Crippen molar-refractivity contribution in [2.24, 2.45) is 0 Å². The Kier molecular flexibility index (Phi) is 2.07. The molecule has 2 aliphatic rings. The van der Waals surface area contributed by atoms with Crippen LogP contribution in [0.25, 0.3) is 0 Å². The maximum atomic E-state index is 9.77. The number of hydrogen-bond acceptors (Lipinski definition) is 3. The Bertz CT molecular complexity index is 663. The molecule has 3 heteroatoms. The Hall–Kier alpha value is -2.16. The van der Waals surface area contributed by atoms with E-state index in [1.807, 2.05) is 31.2 Å². The molecule has 2 heterocycles. The van der Waals surface area contributed by atoms with Crippen LogP contribution in [0.5, 0.6) is 17.2 Å². The van der Waals surface area contributed by atoms with E-state index in [9.17, 15) is 5.11 Å². The number of rotatable bonds is 0. The van der Waals surface area contributed by atoms with Crippen LogP contribution in [0.1, 0.15) is 28.7 Å². The highest BCUT2D eigenvalue weighted by atomic mass is 16.5. The van der Waals surface area contributed by atoms with Gasteiger partial charge < -0.3 is 14.6 Å². The molecular formula is C16H14O3. The first kappa shape index (κ1) is 10.7. The highest BCUT2D eigenvalue weighted by Gasteiger charge is 2.41. The Labute approximate surface area is 111 Å². The van der Waals surface area contributed by atoms with E-state index in [2.05, 4.69) is 6.07 Å². The first-order chi connectivity index (χ1) is 9.25. The van der Waals surface area contributed by atoms with Gasteiger partial charge in [0, 0.05) is 16.7 Å².